The van der Waals surface area contributed by atoms with E-state index in [-0.39, 0.29) is 35.8 Å². The predicted octanol–water partition coefficient (Wildman–Crippen LogP) is 2.85. The third kappa shape index (κ3) is 4.93. The van der Waals surface area contributed by atoms with Crippen LogP contribution in [0.4, 0.5) is 16.2 Å². The van der Waals surface area contributed by atoms with E-state index in [2.05, 4.69) is 10.6 Å². The molecule has 1 saturated carbocycles. The van der Waals surface area contributed by atoms with Gasteiger partial charge in [-0.15, -0.1) is 0 Å². The lowest BCUT2D eigenvalue weighted by molar-refractivity contribution is 0.0949. The van der Waals surface area contributed by atoms with Gasteiger partial charge in [0.25, 0.3) is 11.8 Å². The lowest BCUT2D eigenvalue weighted by Crippen LogP contribution is -2.29. The van der Waals surface area contributed by atoms with E-state index in [9.17, 15) is 14.4 Å². The smallest absolute Gasteiger partial charge is 0.407 e. The molecule has 0 unspecified atom stereocenters. The van der Waals surface area contributed by atoms with E-state index in [0.29, 0.717) is 30.0 Å². The first-order valence-electron chi connectivity index (χ1n) is 10.6. The Morgan fingerprint density at radius 2 is 1.88 bits per heavy atom. The molecule has 1 atom stereocenters. The predicted molar refractivity (Wildman–Crippen MR) is 119 cm³/mol. The summed E-state index contributed by atoms with van der Waals surface area (Å²) in [7, 11) is 0. The van der Waals surface area contributed by atoms with E-state index >= 15 is 0 Å². The molecule has 3 amide bonds. The van der Waals surface area contributed by atoms with Gasteiger partial charge in [0.2, 0.25) is 0 Å². The molecule has 0 bridgehead atoms. The molecule has 1 aliphatic carbocycles. The van der Waals surface area contributed by atoms with E-state index in [1.54, 1.807) is 36.4 Å². The normalized spacial score (nSPS) is 17.7. The van der Waals surface area contributed by atoms with Crippen molar-refractivity contribution in [3.05, 3.63) is 53.1 Å². The highest BCUT2D eigenvalue weighted by Crippen LogP contribution is 2.26. The van der Waals surface area contributed by atoms with E-state index in [4.69, 9.17) is 15.6 Å². The highest BCUT2D eigenvalue weighted by molar-refractivity contribution is 6.09. The van der Waals surface area contributed by atoms with Crippen LogP contribution in [0.5, 0.6) is 5.75 Å². The van der Waals surface area contributed by atoms with Gasteiger partial charge in [-0.1, -0.05) is 6.07 Å². The molecule has 9 nitrogen and oxygen atoms in total. The molecule has 1 saturated heterocycles. The van der Waals surface area contributed by atoms with Crippen LogP contribution in [-0.4, -0.2) is 53.1 Å². The Morgan fingerprint density at radius 3 is 2.56 bits per heavy atom. The Labute approximate surface area is 185 Å². The van der Waals surface area contributed by atoms with Crippen LogP contribution in [0, 0.1) is 6.92 Å². The standard InChI is InChI=1S/C23H26N4O5/c1-13-2-3-14(21(28)25-15-4-5-15)10-20(13)26-22(29)18-11-16(6-7-19(18)24)32-17-8-9-27(12-17)23(30)31/h2-3,6-7,10-11,15,17H,4-5,8-9,12,24H2,1H3,(H,25,28)(H,26,29)(H,30,31)/t17-/m0/s1. The van der Waals surface area contributed by atoms with Crippen molar-refractivity contribution in [2.75, 3.05) is 24.1 Å². The molecule has 2 aliphatic rings. The molecule has 2 aromatic carbocycles. The van der Waals surface area contributed by atoms with Crippen LogP contribution in [0.3, 0.4) is 0 Å². The van der Waals surface area contributed by atoms with Crippen LogP contribution in [0.25, 0.3) is 0 Å². The number of nitrogens with two attached hydrogens (primary N) is 1. The molecule has 168 valence electrons. The molecule has 0 radical (unpaired) electrons. The van der Waals surface area contributed by atoms with Gasteiger partial charge >= 0.3 is 6.09 Å². The number of anilines is 2. The maximum Gasteiger partial charge on any atom is 0.407 e. The zero-order chi connectivity index (χ0) is 22.8. The number of nitrogens with one attached hydrogen (secondary N) is 2. The Hall–Kier alpha value is -3.75. The first kappa shape index (κ1) is 21.5. The maximum atomic E-state index is 13.0. The molecule has 1 heterocycles. The molecular weight excluding hydrogens is 412 g/mol. The zero-order valence-electron chi connectivity index (χ0n) is 17.8. The summed E-state index contributed by atoms with van der Waals surface area (Å²) in [6.07, 6.45) is 1.31. The van der Waals surface area contributed by atoms with E-state index < -0.39 is 12.0 Å². The van der Waals surface area contributed by atoms with Crippen molar-refractivity contribution >= 4 is 29.3 Å². The molecule has 9 heteroatoms. The second kappa shape index (κ2) is 8.78. The van der Waals surface area contributed by atoms with Crippen LogP contribution in [-0.2, 0) is 0 Å². The molecule has 2 aromatic rings. The van der Waals surface area contributed by atoms with Crippen LogP contribution in [0.15, 0.2) is 36.4 Å². The van der Waals surface area contributed by atoms with E-state index in [1.807, 2.05) is 6.92 Å². The van der Waals surface area contributed by atoms with Crippen molar-refractivity contribution in [3.8, 4) is 5.75 Å². The molecule has 0 aromatic heterocycles. The van der Waals surface area contributed by atoms with E-state index in [1.165, 1.54) is 4.90 Å². The lowest BCUT2D eigenvalue weighted by atomic mass is 10.1. The number of hydrogen-bond acceptors (Lipinski definition) is 5. The van der Waals surface area contributed by atoms with Gasteiger partial charge in [0.05, 0.1) is 12.1 Å². The molecule has 1 aliphatic heterocycles. The topological polar surface area (TPSA) is 134 Å². The minimum atomic E-state index is -0.975. The van der Waals surface area contributed by atoms with Crippen molar-refractivity contribution in [2.45, 2.75) is 38.3 Å². The van der Waals surface area contributed by atoms with E-state index in [0.717, 1.165) is 18.4 Å². The maximum absolute atomic E-state index is 13.0. The van der Waals surface area contributed by atoms with Gasteiger partial charge in [0.15, 0.2) is 0 Å². The van der Waals surface area contributed by atoms with Crippen molar-refractivity contribution in [1.29, 1.82) is 0 Å². The summed E-state index contributed by atoms with van der Waals surface area (Å²) in [6.45, 7) is 2.53. The van der Waals surface area contributed by atoms with Crippen LogP contribution >= 0.6 is 0 Å². The second-order valence-corrected chi connectivity index (χ2v) is 8.24. The van der Waals surface area contributed by atoms with Crippen molar-refractivity contribution in [3.63, 3.8) is 0 Å². The highest BCUT2D eigenvalue weighted by atomic mass is 16.5. The number of likely N-dealkylation sites (tertiary alicyclic amines) is 1. The number of nitrogen functional groups attached to an aromatic ring is 1. The number of hydrogen-bond donors (Lipinski definition) is 4. The first-order valence-corrected chi connectivity index (χ1v) is 10.6. The number of rotatable bonds is 6. The van der Waals surface area contributed by atoms with Gasteiger partial charge < -0.3 is 31.1 Å². The summed E-state index contributed by atoms with van der Waals surface area (Å²) in [5, 5.41) is 14.9. The number of aryl methyl sites for hydroxylation is 1. The van der Waals surface area contributed by atoms with Crippen LogP contribution in [0.1, 0.15) is 45.5 Å². The SMILES string of the molecule is Cc1ccc(C(=O)NC2CC2)cc1NC(=O)c1cc(O[C@H]2CCN(C(=O)O)C2)ccc1N. The fourth-order valence-electron chi connectivity index (χ4n) is 3.58. The Bertz CT molecular complexity index is 1070. The molecular formula is C23H26N4O5. The highest BCUT2D eigenvalue weighted by Gasteiger charge is 2.28. The average Bonchev–Trinajstić information content (AvgIpc) is 3.44. The molecule has 5 N–H and O–H groups in total. The third-order valence-corrected chi connectivity index (χ3v) is 5.65. The molecule has 0 spiro atoms. The Morgan fingerprint density at radius 1 is 1.09 bits per heavy atom. The van der Waals surface area contributed by atoms with Gasteiger partial charge in [-0.3, -0.25) is 9.59 Å². The Kier molecular flexibility index (Phi) is 5.89. The molecule has 32 heavy (non-hydrogen) atoms. The second-order valence-electron chi connectivity index (χ2n) is 8.24. The largest absolute Gasteiger partial charge is 0.488 e. The summed E-state index contributed by atoms with van der Waals surface area (Å²) in [5.41, 5.74) is 8.37. The number of carbonyl (C=O) groups is 3. The quantitative estimate of drug-likeness (QED) is 0.513. The third-order valence-electron chi connectivity index (χ3n) is 5.65. The number of benzene rings is 2. The minimum Gasteiger partial charge on any atom is -0.488 e. The molecule has 2 fully saturated rings. The van der Waals surface area contributed by atoms with Crippen molar-refractivity contribution in [1.82, 2.24) is 10.2 Å². The number of carbonyl (C=O) groups excluding carboxylic acids is 2. The van der Waals surface area contributed by atoms with Gasteiger partial charge in [0.1, 0.15) is 11.9 Å². The van der Waals surface area contributed by atoms with Crippen LogP contribution in [0.2, 0.25) is 0 Å². The summed E-state index contributed by atoms with van der Waals surface area (Å²) in [6, 6.07) is 10.2. The first-order chi connectivity index (χ1) is 15.3. The number of amides is 3. The zero-order valence-corrected chi connectivity index (χ0v) is 17.8. The van der Waals surface area contributed by atoms with Crippen molar-refractivity contribution < 1.29 is 24.2 Å². The fourth-order valence-corrected chi connectivity index (χ4v) is 3.58. The Balaban J connectivity index is 1.47. The summed E-state index contributed by atoms with van der Waals surface area (Å²) in [4.78, 5) is 37.7. The summed E-state index contributed by atoms with van der Waals surface area (Å²) >= 11 is 0. The molecule has 4 rings (SSSR count). The van der Waals surface area contributed by atoms with Gasteiger partial charge in [-0.2, -0.15) is 0 Å². The number of nitrogens with zero attached hydrogens (tertiary/aromatic N) is 1. The number of ether oxygens (including phenoxy) is 1. The summed E-state index contributed by atoms with van der Waals surface area (Å²) < 4.78 is 5.88. The van der Waals surface area contributed by atoms with Gasteiger partial charge in [0, 0.05) is 35.9 Å². The fraction of sp³-hybridized carbons (Fsp3) is 0.348. The number of carboxylic acid groups (broad SMARTS) is 1. The van der Waals surface area contributed by atoms with Gasteiger partial charge in [-0.05, 0) is 55.7 Å². The van der Waals surface area contributed by atoms with Gasteiger partial charge in [-0.25, -0.2) is 4.79 Å². The minimum absolute atomic E-state index is 0.162. The van der Waals surface area contributed by atoms with Crippen molar-refractivity contribution in [2.24, 2.45) is 0 Å². The lowest BCUT2D eigenvalue weighted by Gasteiger charge is -2.16. The average molecular weight is 438 g/mol. The van der Waals surface area contributed by atoms with Crippen LogP contribution < -0.4 is 21.1 Å². The monoisotopic (exact) mass is 438 g/mol. The summed E-state index contributed by atoms with van der Waals surface area (Å²) in [5.74, 6) is -0.143.